The lowest BCUT2D eigenvalue weighted by atomic mass is 10.0. The number of hydrogen-bond acceptors (Lipinski definition) is 3. The second-order valence-corrected chi connectivity index (χ2v) is 7.68. The average Bonchev–Trinajstić information content (AvgIpc) is 3.09. The van der Waals surface area contributed by atoms with Crippen LogP contribution in [0.4, 0.5) is 4.79 Å². The molecule has 0 aliphatic carbocycles. The van der Waals surface area contributed by atoms with E-state index in [1.165, 1.54) is 0 Å². The second kappa shape index (κ2) is 8.96. The van der Waals surface area contributed by atoms with Gasteiger partial charge in [-0.25, -0.2) is 9.78 Å². The van der Waals surface area contributed by atoms with E-state index in [2.05, 4.69) is 20.6 Å². The number of imidazole rings is 1. The summed E-state index contributed by atoms with van der Waals surface area (Å²) < 4.78 is 0. The molecule has 152 valence electrons. The molecule has 1 heterocycles. The summed E-state index contributed by atoms with van der Waals surface area (Å²) in [4.78, 5) is 32.1. The number of hydrogen-bond donors (Lipinski definition) is 4. The number of carbonyl (C=O) groups excluding carboxylic acids is 2. The van der Waals surface area contributed by atoms with Crippen LogP contribution in [0, 0.1) is 5.92 Å². The molecule has 1 aromatic heterocycles. The fourth-order valence-corrected chi connectivity index (χ4v) is 3.33. The molecule has 0 unspecified atom stereocenters. The van der Waals surface area contributed by atoms with Crippen LogP contribution in [-0.4, -0.2) is 21.9 Å². The first kappa shape index (κ1) is 20.7. The van der Waals surface area contributed by atoms with E-state index in [1.54, 1.807) is 24.3 Å². The van der Waals surface area contributed by atoms with Gasteiger partial charge in [0, 0.05) is 5.02 Å². The summed E-state index contributed by atoms with van der Waals surface area (Å²) >= 11 is 5.93. The number of para-hydroxylation sites is 2. The molecule has 29 heavy (non-hydrogen) atoms. The van der Waals surface area contributed by atoms with Crippen molar-refractivity contribution >= 4 is 34.6 Å². The number of fused-ring (bicyclic) bond motifs is 1. The summed E-state index contributed by atoms with van der Waals surface area (Å²) in [6, 6.07) is 13.1. The number of urea groups is 1. The lowest BCUT2D eigenvalue weighted by Crippen LogP contribution is -2.38. The molecule has 0 saturated heterocycles. The van der Waals surface area contributed by atoms with Gasteiger partial charge in [-0.1, -0.05) is 49.7 Å². The number of aromatic nitrogens is 2. The summed E-state index contributed by atoms with van der Waals surface area (Å²) in [7, 11) is 0. The Morgan fingerprint density at radius 3 is 2.41 bits per heavy atom. The Kier molecular flexibility index (Phi) is 6.39. The third-order valence-corrected chi connectivity index (χ3v) is 4.92. The van der Waals surface area contributed by atoms with E-state index >= 15 is 0 Å². The van der Waals surface area contributed by atoms with E-state index in [0.29, 0.717) is 10.8 Å². The number of rotatable bonds is 7. The molecule has 0 spiro atoms. The van der Waals surface area contributed by atoms with Crippen LogP contribution >= 0.6 is 11.6 Å². The Bertz CT molecular complexity index is 967. The molecule has 5 N–H and O–H groups in total. The largest absolute Gasteiger partial charge is 0.352 e. The Hall–Kier alpha value is -3.06. The van der Waals surface area contributed by atoms with Gasteiger partial charge >= 0.3 is 6.03 Å². The number of primary amides is 1. The number of H-pyrrole nitrogens is 1. The van der Waals surface area contributed by atoms with Crippen molar-refractivity contribution in [2.45, 2.75) is 32.4 Å². The van der Waals surface area contributed by atoms with Crippen LogP contribution in [0.1, 0.15) is 43.7 Å². The number of nitrogens with one attached hydrogen (secondary N) is 3. The van der Waals surface area contributed by atoms with Crippen LogP contribution in [0.3, 0.4) is 0 Å². The molecular weight excluding hydrogens is 390 g/mol. The lowest BCUT2D eigenvalue weighted by Gasteiger charge is -2.23. The van der Waals surface area contributed by atoms with Gasteiger partial charge in [0.15, 0.2) is 0 Å². The standard InChI is InChI=1S/C21H24ClN5O2/c1-12(2)19(20-24-15-5-3-4-6-16(15)25-20)27-18(28)11-17(26-21(23)29)13-7-9-14(22)10-8-13/h3-10,12,17,19H,11H2,1-2H3,(H,24,25)(H,27,28)(H3,23,26,29)/t17-,19-/m1/s1. The average molecular weight is 414 g/mol. The van der Waals surface area contributed by atoms with Crippen LogP contribution in [-0.2, 0) is 4.79 Å². The van der Waals surface area contributed by atoms with Gasteiger partial charge < -0.3 is 21.4 Å². The highest BCUT2D eigenvalue weighted by Crippen LogP contribution is 2.24. The third-order valence-electron chi connectivity index (χ3n) is 4.66. The predicted molar refractivity (Wildman–Crippen MR) is 113 cm³/mol. The van der Waals surface area contributed by atoms with Crippen molar-refractivity contribution in [2.75, 3.05) is 0 Å². The molecule has 0 fully saturated rings. The van der Waals surface area contributed by atoms with Crippen LogP contribution in [0.25, 0.3) is 11.0 Å². The highest BCUT2D eigenvalue weighted by atomic mass is 35.5. The maximum atomic E-state index is 12.8. The molecule has 0 aliphatic heterocycles. The van der Waals surface area contributed by atoms with Crippen LogP contribution in [0.5, 0.6) is 0 Å². The summed E-state index contributed by atoms with van der Waals surface area (Å²) in [5.41, 5.74) is 7.80. The van der Waals surface area contributed by atoms with Gasteiger partial charge in [-0.3, -0.25) is 4.79 Å². The smallest absolute Gasteiger partial charge is 0.312 e. The van der Waals surface area contributed by atoms with Gasteiger partial charge in [-0.2, -0.15) is 0 Å². The van der Waals surface area contributed by atoms with Crippen molar-refractivity contribution in [3.05, 3.63) is 64.9 Å². The molecule has 3 amide bonds. The normalized spacial score (nSPS) is 13.2. The Balaban J connectivity index is 1.77. The van der Waals surface area contributed by atoms with E-state index in [9.17, 15) is 9.59 Å². The fourth-order valence-electron chi connectivity index (χ4n) is 3.21. The number of benzene rings is 2. The van der Waals surface area contributed by atoms with Crippen molar-refractivity contribution in [2.24, 2.45) is 11.7 Å². The van der Waals surface area contributed by atoms with Gasteiger partial charge in [0.25, 0.3) is 0 Å². The minimum atomic E-state index is -0.699. The highest BCUT2D eigenvalue weighted by molar-refractivity contribution is 6.30. The fraction of sp³-hybridized carbons (Fsp3) is 0.286. The zero-order chi connectivity index (χ0) is 21.0. The molecule has 3 rings (SSSR count). The minimum absolute atomic E-state index is 0.0357. The number of carbonyl (C=O) groups is 2. The predicted octanol–water partition coefficient (Wildman–Crippen LogP) is 3.83. The Morgan fingerprint density at radius 2 is 1.79 bits per heavy atom. The number of amides is 3. The summed E-state index contributed by atoms with van der Waals surface area (Å²) in [5.74, 6) is 0.580. The molecule has 3 aromatic rings. The SMILES string of the molecule is CC(C)[C@@H](NC(=O)C[C@@H](NC(N)=O)c1ccc(Cl)cc1)c1nc2ccccc2[nH]1. The lowest BCUT2D eigenvalue weighted by molar-refractivity contribution is -0.122. The molecule has 8 heteroatoms. The van der Waals surface area contributed by atoms with E-state index in [0.717, 1.165) is 16.6 Å². The minimum Gasteiger partial charge on any atom is -0.352 e. The van der Waals surface area contributed by atoms with Crippen LogP contribution in [0.15, 0.2) is 48.5 Å². The van der Waals surface area contributed by atoms with E-state index in [4.69, 9.17) is 17.3 Å². The van der Waals surface area contributed by atoms with Crippen molar-refractivity contribution in [1.82, 2.24) is 20.6 Å². The quantitative estimate of drug-likeness (QED) is 0.472. The van der Waals surface area contributed by atoms with Crippen LogP contribution < -0.4 is 16.4 Å². The summed E-state index contributed by atoms with van der Waals surface area (Å²) in [6.45, 7) is 4.02. The molecule has 0 bridgehead atoms. The first-order chi connectivity index (χ1) is 13.8. The van der Waals surface area contributed by atoms with Crippen molar-refractivity contribution in [3.8, 4) is 0 Å². The van der Waals surface area contributed by atoms with Gasteiger partial charge in [0.05, 0.1) is 29.5 Å². The monoisotopic (exact) mass is 413 g/mol. The van der Waals surface area contributed by atoms with E-state index < -0.39 is 12.1 Å². The molecule has 7 nitrogen and oxygen atoms in total. The number of aromatic amines is 1. The van der Waals surface area contributed by atoms with Gasteiger partial charge in [-0.05, 0) is 35.7 Å². The highest BCUT2D eigenvalue weighted by Gasteiger charge is 2.24. The molecule has 2 atom stereocenters. The number of halogens is 1. The number of nitrogens with zero attached hydrogens (tertiary/aromatic N) is 1. The maximum Gasteiger partial charge on any atom is 0.312 e. The van der Waals surface area contributed by atoms with E-state index in [1.807, 2.05) is 38.1 Å². The maximum absolute atomic E-state index is 12.8. The zero-order valence-corrected chi connectivity index (χ0v) is 17.0. The van der Waals surface area contributed by atoms with Crippen molar-refractivity contribution in [1.29, 1.82) is 0 Å². The molecule has 0 saturated carbocycles. The third kappa shape index (κ3) is 5.26. The molecular formula is C21H24ClN5O2. The van der Waals surface area contributed by atoms with E-state index in [-0.39, 0.29) is 24.3 Å². The molecule has 0 aliphatic rings. The topological polar surface area (TPSA) is 113 Å². The second-order valence-electron chi connectivity index (χ2n) is 7.25. The first-order valence-corrected chi connectivity index (χ1v) is 9.76. The first-order valence-electron chi connectivity index (χ1n) is 9.39. The summed E-state index contributed by atoms with van der Waals surface area (Å²) in [6.07, 6.45) is 0.0357. The van der Waals surface area contributed by atoms with Gasteiger partial charge in [0.1, 0.15) is 5.82 Å². The Labute approximate surface area is 174 Å². The van der Waals surface area contributed by atoms with Crippen molar-refractivity contribution < 1.29 is 9.59 Å². The van der Waals surface area contributed by atoms with Crippen LogP contribution in [0.2, 0.25) is 5.02 Å². The zero-order valence-electron chi connectivity index (χ0n) is 16.3. The Morgan fingerprint density at radius 1 is 1.10 bits per heavy atom. The number of nitrogens with two attached hydrogens (primary N) is 1. The van der Waals surface area contributed by atoms with Gasteiger partial charge in [0.2, 0.25) is 5.91 Å². The summed E-state index contributed by atoms with van der Waals surface area (Å²) in [5, 5.41) is 6.22. The molecule has 2 aromatic carbocycles. The van der Waals surface area contributed by atoms with Gasteiger partial charge in [-0.15, -0.1) is 0 Å². The van der Waals surface area contributed by atoms with Crippen molar-refractivity contribution in [3.63, 3.8) is 0 Å². The molecule has 0 radical (unpaired) electrons.